The van der Waals surface area contributed by atoms with Gasteiger partial charge in [-0.3, -0.25) is 19.2 Å². The van der Waals surface area contributed by atoms with Gasteiger partial charge in [-0.15, -0.1) is 0 Å². The average molecular weight is 526 g/mol. The van der Waals surface area contributed by atoms with Crippen molar-refractivity contribution in [3.63, 3.8) is 0 Å². The van der Waals surface area contributed by atoms with Crippen molar-refractivity contribution in [2.24, 2.45) is 5.10 Å². The molecule has 2 amide bonds. The molecule has 2 atom stereocenters. The van der Waals surface area contributed by atoms with Crippen LogP contribution in [-0.2, 0) is 30.5 Å². The van der Waals surface area contributed by atoms with Crippen LogP contribution in [0, 0.1) is 0 Å². The van der Waals surface area contributed by atoms with Crippen LogP contribution in [0.1, 0.15) is 94.6 Å². The highest BCUT2D eigenvalue weighted by atomic mass is 16.5. The van der Waals surface area contributed by atoms with Gasteiger partial charge in [-0.05, 0) is 56.1 Å². The predicted molar refractivity (Wildman–Crippen MR) is 143 cm³/mol. The van der Waals surface area contributed by atoms with Crippen molar-refractivity contribution in [3.8, 4) is 0 Å². The van der Waals surface area contributed by atoms with Crippen molar-refractivity contribution >= 4 is 30.0 Å². The highest BCUT2D eigenvalue weighted by Gasteiger charge is 2.37. The maximum Gasteiger partial charge on any atom is 0.306 e. The van der Waals surface area contributed by atoms with E-state index in [4.69, 9.17) is 9.84 Å². The standard InChI is InChI=1S/C29H39N3O6/c33-26(12-5-1-3-7-14-28(35)36)31-30-20-22-16-18-23(19-17-22)21-32-24-10-9-11-25(24)38-29(37)15-8-4-2-6-13-27(32)34/h2,4,16-20,24-25H,1,3,5-15,21H2,(H,31,33)(H,35,36)/b4-2+,30-20+/t24-,25-/m0/s1. The molecule has 38 heavy (non-hydrogen) atoms. The number of esters is 1. The molecular weight excluding hydrogens is 486 g/mol. The van der Waals surface area contributed by atoms with Gasteiger partial charge in [0.1, 0.15) is 6.10 Å². The number of fused-ring (bicyclic) bond motifs is 1. The fourth-order valence-electron chi connectivity index (χ4n) is 4.86. The second-order valence-corrected chi connectivity index (χ2v) is 9.94. The number of unbranched alkanes of at least 4 members (excludes halogenated alkanes) is 3. The number of allylic oxidation sites excluding steroid dienone is 2. The van der Waals surface area contributed by atoms with E-state index in [1.165, 1.54) is 0 Å². The van der Waals surface area contributed by atoms with Gasteiger partial charge in [0.15, 0.2) is 0 Å². The zero-order valence-corrected chi connectivity index (χ0v) is 22.0. The number of carbonyl (C=O) groups excluding carboxylic acids is 3. The van der Waals surface area contributed by atoms with Gasteiger partial charge in [0.25, 0.3) is 0 Å². The molecule has 1 aliphatic heterocycles. The normalized spacial score (nSPS) is 21.3. The molecule has 0 bridgehead atoms. The lowest BCUT2D eigenvalue weighted by atomic mass is 10.1. The summed E-state index contributed by atoms with van der Waals surface area (Å²) in [5, 5.41) is 12.7. The lowest BCUT2D eigenvalue weighted by Crippen LogP contribution is -2.45. The summed E-state index contributed by atoms with van der Waals surface area (Å²) < 4.78 is 5.76. The first kappa shape index (κ1) is 29.1. The molecule has 2 N–H and O–H groups in total. The number of hydrazone groups is 1. The van der Waals surface area contributed by atoms with E-state index in [0.717, 1.165) is 43.2 Å². The number of nitrogens with zero attached hydrogens (tertiary/aromatic N) is 2. The Kier molecular flexibility index (Phi) is 12.0. The first-order valence-corrected chi connectivity index (χ1v) is 13.7. The van der Waals surface area contributed by atoms with E-state index in [9.17, 15) is 19.2 Å². The van der Waals surface area contributed by atoms with Crippen LogP contribution in [0.3, 0.4) is 0 Å². The second kappa shape index (κ2) is 15.7. The van der Waals surface area contributed by atoms with Crippen LogP contribution in [-0.4, -0.2) is 52.1 Å². The summed E-state index contributed by atoms with van der Waals surface area (Å²) >= 11 is 0. The van der Waals surface area contributed by atoms with E-state index in [1.807, 2.05) is 41.3 Å². The molecule has 1 fully saturated rings. The molecular formula is C29H39N3O6. The molecule has 0 radical (unpaired) electrons. The van der Waals surface area contributed by atoms with Gasteiger partial charge in [0, 0.05) is 32.2 Å². The molecule has 1 aromatic carbocycles. The Morgan fingerprint density at radius 1 is 1.00 bits per heavy atom. The number of benzene rings is 1. The van der Waals surface area contributed by atoms with Crippen LogP contribution in [0.5, 0.6) is 0 Å². The lowest BCUT2D eigenvalue weighted by molar-refractivity contribution is -0.155. The maximum absolute atomic E-state index is 13.2. The van der Waals surface area contributed by atoms with Crippen LogP contribution in [0.2, 0.25) is 0 Å². The van der Waals surface area contributed by atoms with Crippen LogP contribution in [0.4, 0.5) is 0 Å². The Bertz CT molecular complexity index is 1000. The predicted octanol–water partition coefficient (Wildman–Crippen LogP) is 4.49. The minimum atomic E-state index is -0.792. The van der Waals surface area contributed by atoms with Crippen molar-refractivity contribution < 1.29 is 29.0 Å². The summed E-state index contributed by atoms with van der Waals surface area (Å²) in [6, 6.07) is 7.56. The summed E-state index contributed by atoms with van der Waals surface area (Å²) in [4.78, 5) is 49.7. The minimum absolute atomic E-state index is 0.0680. The summed E-state index contributed by atoms with van der Waals surface area (Å²) in [7, 11) is 0. The van der Waals surface area contributed by atoms with E-state index >= 15 is 0 Å². The molecule has 2 aliphatic rings. The second-order valence-electron chi connectivity index (χ2n) is 9.94. The van der Waals surface area contributed by atoms with Crippen molar-refractivity contribution in [1.29, 1.82) is 0 Å². The van der Waals surface area contributed by atoms with Gasteiger partial charge in [-0.2, -0.15) is 5.10 Å². The van der Waals surface area contributed by atoms with Gasteiger partial charge in [0.05, 0.1) is 12.3 Å². The molecule has 0 spiro atoms. The van der Waals surface area contributed by atoms with E-state index in [-0.39, 0.29) is 36.4 Å². The first-order valence-electron chi connectivity index (χ1n) is 13.7. The minimum Gasteiger partial charge on any atom is -0.481 e. The Morgan fingerprint density at radius 2 is 1.71 bits per heavy atom. The number of ether oxygens (including phenoxy) is 1. The molecule has 206 valence electrons. The number of carboxylic acids is 1. The number of carboxylic acid groups (broad SMARTS) is 1. The average Bonchev–Trinajstić information content (AvgIpc) is 3.34. The van der Waals surface area contributed by atoms with E-state index in [0.29, 0.717) is 51.5 Å². The number of rotatable bonds is 11. The van der Waals surface area contributed by atoms with Crippen LogP contribution < -0.4 is 5.43 Å². The Labute approximate surface area is 224 Å². The van der Waals surface area contributed by atoms with Crippen LogP contribution >= 0.6 is 0 Å². The molecule has 0 saturated heterocycles. The Morgan fingerprint density at radius 3 is 2.45 bits per heavy atom. The summed E-state index contributed by atoms with van der Waals surface area (Å²) in [5.74, 6) is -1.10. The van der Waals surface area contributed by atoms with Crippen LogP contribution in [0.25, 0.3) is 0 Å². The molecule has 3 rings (SSSR count). The number of nitrogens with one attached hydrogen (secondary N) is 1. The highest BCUT2D eigenvalue weighted by molar-refractivity contribution is 5.82. The zero-order chi connectivity index (χ0) is 27.2. The van der Waals surface area contributed by atoms with Gasteiger partial charge < -0.3 is 14.7 Å². The number of hydrogen-bond acceptors (Lipinski definition) is 6. The fraction of sp³-hybridized carbons (Fsp3) is 0.552. The molecule has 9 nitrogen and oxygen atoms in total. The van der Waals surface area contributed by atoms with Crippen molar-refractivity contribution in [3.05, 3.63) is 47.5 Å². The molecule has 1 aliphatic carbocycles. The molecule has 9 heteroatoms. The van der Waals surface area contributed by atoms with Gasteiger partial charge >= 0.3 is 11.9 Å². The van der Waals surface area contributed by atoms with Crippen molar-refractivity contribution in [2.45, 2.75) is 102 Å². The lowest BCUT2D eigenvalue weighted by Gasteiger charge is -2.33. The number of hydrogen-bond donors (Lipinski definition) is 2. The number of amides is 2. The zero-order valence-electron chi connectivity index (χ0n) is 22.0. The quantitative estimate of drug-likeness (QED) is 0.144. The molecule has 1 aromatic rings. The van der Waals surface area contributed by atoms with E-state index in [2.05, 4.69) is 10.5 Å². The molecule has 0 aromatic heterocycles. The first-order chi connectivity index (χ1) is 18.4. The maximum atomic E-state index is 13.2. The smallest absolute Gasteiger partial charge is 0.306 e. The summed E-state index contributed by atoms with van der Waals surface area (Å²) in [6.45, 7) is 0.446. The number of aliphatic carboxylic acids is 1. The summed E-state index contributed by atoms with van der Waals surface area (Å²) in [6.07, 6.45) is 13.3. The van der Waals surface area contributed by atoms with Gasteiger partial charge in [-0.1, -0.05) is 49.3 Å². The molecule has 1 saturated carbocycles. The topological polar surface area (TPSA) is 125 Å². The monoisotopic (exact) mass is 525 g/mol. The number of carbonyl (C=O) groups is 4. The third kappa shape index (κ3) is 10.1. The highest BCUT2D eigenvalue weighted by Crippen LogP contribution is 2.29. The third-order valence-electron chi connectivity index (χ3n) is 6.91. The molecule has 1 heterocycles. The van der Waals surface area contributed by atoms with E-state index in [1.54, 1.807) is 6.21 Å². The Hall–Kier alpha value is -3.49. The Balaban J connectivity index is 1.51. The van der Waals surface area contributed by atoms with Gasteiger partial charge in [0.2, 0.25) is 11.8 Å². The largest absolute Gasteiger partial charge is 0.481 e. The summed E-state index contributed by atoms with van der Waals surface area (Å²) in [5.41, 5.74) is 4.32. The van der Waals surface area contributed by atoms with Crippen LogP contribution in [0.15, 0.2) is 41.5 Å². The van der Waals surface area contributed by atoms with E-state index < -0.39 is 5.97 Å². The SMILES string of the molecule is O=C(O)CCCCCCC(=O)N/N=C/c1ccc(CN2C(=O)CC/C=C/CCC(=O)O[C@H]3CCC[C@@H]32)cc1. The fourth-order valence-corrected chi connectivity index (χ4v) is 4.86. The van der Waals surface area contributed by atoms with Gasteiger partial charge in [-0.25, -0.2) is 5.43 Å². The third-order valence-corrected chi connectivity index (χ3v) is 6.91. The van der Waals surface area contributed by atoms with Crippen molar-refractivity contribution in [2.75, 3.05) is 0 Å². The molecule has 0 unspecified atom stereocenters. The van der Waals surface area contributed by atoms with Crippen molar-refractivity contribution in [1.82, 2.24) is 10.3 Å².